The van der Waals surface area contributed by atoms with Crippen LogP contribution in [0.25, 0.3) is 83.4 Å². The molecule has 0 atom stereocenters. The summed E-state index contributed by atoms with van der Waals surface area (Å²) in [5.74, 6) is 1.53. The first-order chi connectivity index (χ1) is 38.2. The number of pyridine rings is 1. The van der Waals surface area contributed by atoms with Crippen molar-refractivity contribution in [3.63, 3.8) is 0 Å². The van der Waals surface area contributed by atoms with E-state index in [4.69, 9.17) is 17.9 Å². The molecule has 0 spiro atoms. The largest absolute Gasteiger partial charge is 0.510 e. The third-order valence-electron chi connectivity index (χ3n) is 13.1. The van der Waals surface area contributed by atoms with Crippen LogP contribution in [0.1, 0.15) is 92.7 Å². The molecule has 0 aliphatic rings. The summed E-state index contributed by atoms with van der Waals surface area (Å²) in [6.07, 6.45) is 5.40. The SMILES string of the molecule is [2H]c1c([2H])c([2H])c(-c2cc(C(C)(C)C)cc(-c3c([2H])c([2H])c([2H])c([2H])c3[2H])c2-[n+]2[c-]n(-c3[c-]c(Oc4[c-]c5c(cc4)c4ccccc4n5-c4cc(C(C)(C)C)ccn4)ccc3)c3cc(-c4ccc(C(C)(C)C)cc4)ccc32)c([2H])c1[2H].[Pt]. The number of benzene rings is 8. The Morgan fingerprint density at radius 1 is 0.528 bits per heavy atom. The maximum Gasteiger partial charge on any atom is 0.268 e. The van der Waals surface area contributed by atoms with E-state index in [0.29, 0.717) is 33.8 Å². The Hall–Kier alpha value is -7.33. The first kappa shape index (κ1) is 37.4. The van der Waals surface area contributed by atoms with E-state index in [1.54, 1.807) is 27.3 Å². The zero-order valence-electron chi connectivity index (χ0n) is 51.6. The van der Waals surface area contributed by atoms with E-state index in [2.05, 4.69) is 107 Å². The van der Waals surface area contributed by atoms with Crippen molar-refractivity contribution in [1.82, 2.24) is 14.1 Å². The molecular weight excluding hydrogens is 1060 g/mol. The van der Waals surface area contributed by atoms with Gasteiger partial charge in [-0.25, -0.2) is 4.98 Å². The predicted molar refractivity (Wildman–Crippen MR) is 292 cm³/mol. The summed E-state index contributed by atoms with van der Waals surface area (Å²) >= 11 is 0. The van der Waals surface area contributed by atoms with Crippen molar-refractivity contribution in [2.75, 3.05) is 0 Å². The van der Waals surface area contributed by atoms with Gasteiger partial charge in [-0.05, 0) is 102 Å². The van der Waals surface area contributed by atoms with Gasteiger partial charge < -0.3 is 13.9 Å². The molecule has 72 heavy (non-hydrogen) atoms. The molecule has 6 heteroatoms. The Kier molecular flexibility index (Phi) is 9.72. The van der Waals surface area contributed by atoms with Gasteiger partial charge >= 0.3 is 0 Å². The zero-order chi connectivity index (χ0) is 57.9. The topological polar surface area (TPSA) is 35.9 Å². The van der Waals surface area contributed by atoms with Crippen LogP contribution in [0.5, 0.6) is 11.5 Å². The number of hydrogen-bond donors (Lipinski definition) is 0. The number of rotatable bonds is 8. The summed E-state index contributed by atoms with van der Waals surface area (Å²) in [6.45, 7) is 18.9. The summed E-state index contributed by atoms with van der Waals surface area (Å²) in [5.41, 5.74) is 7.39. The van der Waals surface area contributed by atoms with Crippen LogP contribution in [-0.4, -0.2) is 14.1 Å². The predicted octanol–water partition coefficient (Wildman–Crippen LogP) is 16.5. The Morgan fingerprint density at radius 2 is 1.15 bits per heavy atom. The maximum absolute atomic E-state index is 9.39. The molecule has 0 radical (unpaired) electrons. The molecule has 3 heterocycles. The van der Waals surface area contributed by atoms with Crippen LogP contribution in [0.4, 0.5) is 0 Å². The van der Waals surface area contributed by atoms with E-state index in [1.165, 1.54) is 0 Å². The molecule has 0 aliphatic carbocycles. The Bertz CT molecular complexity index is 4250. The second kappa shape index (κ2) is 18.7. The number of aromatic nitrogens is 4. The molecule has 3 aromatic heterocycles. The van der Waals surface area contributed by atoms with Gasteiger partial charge in [0.1, 0.15) is 5.82 Å². The van der Waals surface area contributed by atoms with E-state index >= 15 is 0 Å². The van der Waals surface area contributed by atoms with Crippen molar-refractivity contribution in [1.29, 1.82) is 0 Å². The Balaban J connectivity index is 0.00000753. The molecule has 8 aromatic carbocycles. The second-order valence-electron chi connectivity index (χ2n) is 21.1. The molecule has 5 nitrogen and oxygen atoms in total. The normalized spacial score (nSPS) is 14.1. The standard InChI is InChI=1S/C66H58N4O.Pt/c1-64(2,3)48-30-27-44(28-31-48)47-29-34-59-61(37-47)68(43-69(59)63-56(45-19-12-10-13-20-45)38-50(66(7,8)9)39-57(63)46-21-14-11-15-22-46)51-23-18-24-52(41-51)71-53-32-33-55-54-25-16-17-26-58(54)70(60(55)42-53)62-40-49(35-36-67-62)65(4,5)6;/h10-40H,1-9H3;/q-2;/i10D,11D,12D,13D,14D,15D,19D,20D,21D,22D;. The monoisotopic (exact) mass is 1130 g/mol. The van der Waals surface area contributed by atoms with Gasteiger partial charge in [0.05, 0.1) is 30.4 Å². The number of nitrogens with zero attached hydrogens (tertiary/aromatic N) is 4. The van der Waals surface area contributed by atoms with Crippen molar-refractivity contribution in [3.8, 4) is 62.1 Å². The minimum Gasteiger partial charge on any atom is -0.510 e. The molecule has 0 aliphatic heterocycles. The molecule has 11 aromatic rings. The third kappa shape index (κ3) is 9.12. The van der Waals surface area contributed by atoms with Gasteiger partial charge in [0.15, 0.2) is 0 Å². The van der Waals surface area contributed by atoms with Crippen LogP contribution in [0.2, 0.25) is 0 Å². The van der Waals surface area contributed by atoms with Gasteiger partial charge in [-0.3, -0.25) is 4.57 Å². The van der Waals surface area contributed by atoms with Gasteiger partial charge in [-0.2, -0.15) is 18.2 Å². The van der Waals surface area contributed by atoms with Crippen molar-refractivity contribution < 1.29 is 44.1 Å². The van der Waals surface area contributed by atoms with Crippen molar-refractivity contribution in [2.24, 2.45) is 0 Å². The molecule has 0 unspecified atom stereocenters. The summed E-state index contributed by atoms with van der Waals surface area (Å²) in [6, 6.07) is 41.3. The van der Waals surface area contributed by atoms with Crippen LogP contribution < -0.4 is 9.30 Å². The minimum atomic E-state index is -0.662. The minimum absolute atomic E-state index is 0. The molecular formula is C66H58N4OPt-2. The summed E-state index contributed by atoms with van der Waals surface area (Å²) in [4.78, 5) is 4.84. The average molecular weight is 1130 g/mol. The second-order valence-corrected chi connectivity index (χ2v) is 21.1. The van der Waals surface area contributed by atoms with E-state index in [9.17, 15) is 5.48 Å². The number of hydrogen-bond acceptors (Lipinski definition) is 2. The fourth-order valence-electron chi connectivity index (χ4n) is 9.18. The molecule has 0 fully saturated rings. The van der Waals surface area contributed by atoms with Crippen LogP contribution in [0.3, 0.4) is 0 Å². The zero-order valence-corrected chi connectivity index (χ0v) is 43.9. The molecule has 0 bridgehead atoms. The molecule has 11 rings (SSSR count). The fourth-order valence-corrected chi connectivity index (χ4v) is 9.18. The van der Waals surface area contributed by atoms with Gasteiger partial charge in [0.2, 0.25) is 0 Å². The maximum atomic E-state index is 9.39. The number of fused-ring (bicyclic) bond motifs is 4. The number of ether oxygens (including phenoxy) is 1. The Labute approximate surface area is 452 Å². The van der Waals surface area contributed by atoms with Gasteiger partial charge in [0.25, 0.3) is 6.33 Å². The number of imidazole rings is 1. The average Bonchev–Trinajstić information content (AvgIpc) is 3.68. The molecule has 360 valence electrons. The summed E-state index contributed by atoms with van der Waals surface area (Å²) in [5, 5.41) is 2.01. The van der Waals surface area contributed by atoms with Crippen LogP contribution in [0, 0.1) is 18.5 Å². The molecule has 0 N–H and O–H groups in total. The quantitative estimate of drug-likeness (QED) is 0.112. The molecule has 0 saturated heterocycles. The van der Waals surface area contributed by atoms with Gasteiger partial charge in [-0.1, -0.05) is 195 Å². The fraction of sp³-hybridized carbons (Fsp3) is 0.182. The molecule has 0 amide bonds. The first-order valence-electron chi connectivity index (χ1n) is 28.8. The summed E-state index contributed by atoms with van der Waals surface area (Å²) < 4.78 is 102. The summed E-state index contributed by atoms with van der Waals surface area (Å²) in [7, 11) is 0. The van der Waals surface area contributed by atoms with E-state index in [1.807, 2.05) is 87.6 Å². The first-order valence-corrected chi connectivity index (χ1v) is 23.8. The van der Waals surface area contributed by atoms with Crippen molar-refractivity contribution >= 4 is 32.8 Å². The van der Waals surface area contributed by atoms with Crippen LogP contribution in [-0.2, 0) is 37.3 Å². The van der Waals surface area contributed by atoms with Crippen LogP contribution >= 0.6 is 0 Å². The van der Waals surface area contributed by atoms with E-state index < -0.39 is 65.8 Å². The van der Waals surface area contributed by atoms with Gasteiger partial charge in [-0.15, -0.1) is 29.7 Å². The van der Waals surface area contributed by atoms with Crippen molar-refractivity contribution in [2.45, 2.75) is 78.6 Å². The number of para-hydroxylation sites is 1. The Morgan fingerprint density at radius 3 is 1.81 bits per heavy atom. The van der Waals surface area contributed by atoms with Crippen LogP contribution in [0.15, 0.2) is 188 Å². The van der Waals surface area contributed by atoms with Gasteiger partial charge in [0, 0.05) is 44.3 Å². The smallest absolute Gasteiger partial charge is 0.268 e. The molecule has 0 saturated carbocycles. The third-order valence-corrected chi connectivity index (χ3v) is 13.1. The van der Waals surface area contributed by atoms with Crippen molar-refractivity contribution in [3.05, 3.63) is 223 Å². The van der Waals surface area contributed by atoms with E-state index in [0.717, 1.165) is 49.9 Å². The van der Waals surface area contributed by atoms with E-state index in [-0.39, 0.29) is 59.8 Å².